The van der Waals surface area contributed by atoms with E-state index in [4.69, 9.17) is 9.84 Å². The first kappa shape index (κ1) is 13.9. The molecular formula is C13H18O3S. The lowest BCUT2D eigenvalue weighted by Gasteiger charge is -2.12. The summed E-state index contributed by atoms with van der Waals surface area (Å²) in [7, 11) is 1.63. The Morgan fingerprint density at radius 3 is 2.76 bits per heavy atom. The lowest BCUT2D eigenvalue weighted by Crippen LogP contribution is -2.15. The van der Waals surface area contributed by atoms with Crippen molar-refractivity contribution in [2.45, 2.75) is 31.3 Å². The van der Waals surface area contributed by atoms with Gasteiger partial charge >= 0.3 is 5.97 Å². The van der Waals surface area contributed by atoms with Gasteiger partial charge in [0.2, 0.25) is 0 Å². The summed E-state index contributed by atoms with van der Waals surface area (Å²) >= 11 is 1.44. The molecule has 1 atom stereocenters. The van der Waals surface area contributed by atoms with Crippen LogP contribution in [-0.4, -0.2) is 23.4 Å². The smallest absolute Gasteiger partial charge is 0.316 e. The molecule has 0 saturated carbocycles. The Balaban J connectivity index is 2.73. The summed E-state index contributed by atoms with van der Waals surface area (Å²) in [5.41, 5.74) is 2.21. The predicted molar refractivity (Wildman–Crippen MR) is 70.7 cm³/mol. The van der Waals surface area contributed by atoms with Gasteiger partial charge in [-0.2, -0.15) is 0 Å². The zero-order valence-electron chi connectivity index (χ0n) is 10.4. The average molecular weight is 254 g/mol. The fourth-order valence-corrected chi connectivity index (χ4v) is 2.56. The Morgan fingerprint density at radius 1 is 1.53 bits per heavy atom. The molecule has 3 nitrogen and oxygen atoms in total. The number of hydrogen-bond donors (Lipinski definition) is 1. The molecule has 1 unspecified atom stereocenters. The number of aliphatic carboxylic acids is 1. The average Bonchev–Trinajstić information content (AvgIpc) is 2.29. The Kier molecular flexibility index (Phi) is 5.35. The molecule has 1 aromatic carbocycles. The molecule has 1 aromatic rings. The van der Waals surface area contributed by atoms with Gasteiger partial charge in [-0.15, -0.1) is 11.8 Å². The van der Waals surface area contributed by atoms with Crippen LogP contribution < -0.4 is 4.74 Å². The third-order valence-corrected chi connectivity index (χ3v) is 3.94. The SMILES string of the molecule is CCC(SCc1cc(C)ccc1OC)C(=O)O. The van der Waals surface area contributed by atoms with E-state index in [-0.39, 0.29) is 5.25 Å². The number of carbonyl (C=O) groups is 1. The number of methoxy groups -OCH3 is 1. The summed E-state index contributed by atoms with van der Waals surface area (Å²) in [6.07, 6.45) is 0.633. The summed E-state index contributed by atoms with van der Waals surface area (Å²) in [4.78, 5) is 10.9. The lowest BCUT2D eigenvalue weighted by molar-refractivity contribution is -0.136. The summed E-state index contributed by atoms with van der Waals surface area (Å²) in [6.45, 7) is 3.90. The zero-order chi connectivity index (χ0) is 12.8. The highest BCUT2D eigenvalue weighted by Gasteiger charge is 2.16. The van der Waals surface area contributed by atoms with Crippen LogP contribution >= 0.6 is 11.8 Å². The summed E-state index contributed by atoms with van der Waals surface area (Å²) in [5.74, 6) is 0.739. The fraction of sp³-hybridized carbons (Fsp3) is 0.462. The predicted octanol–water partition coefficient (Wildman–Crippen LogP) is 3.10. The Labute approximate surface area is 106 Å². The van der Waals surface area contributed by atoms with Crippen LogP contribution in [0.25, 0.3) is 0 Å². The van der Waals surface area contributed by atoms with Gasteiger partial charge in [0.05, 0.1) is 7.11 Å². The van der Waals surface area contributed by atoms with Gasteiger partial charge in [0, 0.05) is 11.3 Å². The van der Waals surface area contributed by atoms with Gasteiger partial charge in [-0.05, 0) is 19.4 Å². The maximum atomic E-state index is 10.9. The largest absolute Gasteiger partial charge is 0.496 e. The monoisotopic (exact) mass is 254 g/mol. The van der Waals surface area contributed by atoms with Crippen molar-refractivity contribution in [1.29, 1.82) is 0 Å². The number of rotatable bonds is 6. The van der Waals surface area contributed by atoms with E-state index in [2.05, 4.69) is 0 Å². The quantitative estimate of drug-likeness (QED) is 0.847. The normalized spacial score (nSPS) is 12.2. The lowest BCUT2D eigenvalue weighted by atomic mass is 10.1. The van der Waals surface area contributed by atoms with E-state index in [1.54, 1.807) is 7.11 Å². The highest BCUT2D eigenvalue weighted by atomic mass is 32.2. The van der Waals surface area contributed by atoms with Crippen molar-refractivity contribution in [1.82, 2.24) is 0 Å². The van der Waals surface area contributed by atoms with E-state index in [0.717, 1.165) is 16.9 Å². The first-order chi connectivity index (χ1) is 8.08. The van der Waals surface area contributed by atoms with Gasteiger partial charge in [0.15, 0.2) is 0 Å². The molecule has 0 bridgehead atoms. The van der Waals surface area contributed by atoms with Crippen LogP contribution in [0.15, 0.2) is 18.2 Å². The molecule has 0 heterocycles. The molecule has 17 heavy (non-hydrogen) atoms. The van der Waals surface area contributed by atoms with E-state index < -0.39 is 5.97 Å². The minimum atomic E-state index is -0.746. The summed E-state index contributed by atoms with van der Waals surface area (Å²) in [6, 6.07) is 5.95. The van der Waals surface area contributed by atoms with E-state index in [9.17, 15) is 4.79 Å². The van der Waals surface area contributed by atoms with Crippen molar-refractivity contribution >= 4 is 17.7 Å². The molecule has 0 aliphatic heterocycles. The first-order valence-corrected chi connectivity index (χ1v) is 6.61. The van der Waals surface area contributed by atoms with E-state index in [1.807, 2.05) is 32.0 Å². The van der Waals surface area contributed by atoms with Crippen LogP contribution in [0.2, 0.25) is 0 Å². The molecule has 0 aliphatic rings. The highest BCUT2D eigenvalue weighted by molar-refractivity contribution is 7.99. The van der Waals surface area contributed by atoms with Gasteiger partial charge in [-0.25, -0.2) is 0 Å². The van der Waals surface area contributed by atoms with Crippen LogP contribution in [0.4, 0.5) is 0 Å². The number of ether oxygens (including phenoxy) is 1. The number of aryl methyl sites for hydroxylation is 1. The van der Waals surface area contributed by atoms with E-state index in [0.29, 0.717) is 12.2 Å². The van der Waals surface area contributed by atoms with Gasteiger partial charge in [0.25, 0.3) is 0 Å². The zero-order valence-corrected chi connectivity index (χ0v) is 11.2. The Morgan fingerprint density at radius 2 is 2.24 bits per heavy atom. The second-order valence-electron chi connectivity index (χ2n) is 3.86. The number of benzene rings is 1. The number of thioether (sulfide) groups is 1. The van der Waals surface area contributed by atoms with Crippen molar-refractivity contribution in [3.05, 3.63) is 29.3 Å². The molecule has 1 rings (SSSR count). The maximum Gasteiger partial charge on any atom is 0.316 e. The molecule has 0 amide bonds. The minimum Gasteiger partial charge on any atom is -0.496 e. The first-order valence-electron chi connectivity index (χ1n) is 5.56. The maximum absolute atomic E-state index is 10.9. The topological polar surface area (TPSA) is 46.5 Å². The number of hydrogen-bond acceptors (Lipinski definition) is 3. The minimum absolute atomic E-state index is 0.347. The van der Waals surface area contributed by atoms with Gasteiger partial charge in [-0.1, -0.05) is 24.6 Å². The molecule has 0 aromatic heterocycles. The fourth-order valence-electron chi connectivity index (χ4n) is 1.57. The third-order valence-electron chi connectivity index (χ3n) is 2.52. The second kappa shape index (κ2) is 6.55. The molecule has 1 N–H and O–H groups in total. The molecule has 0 saturated heterocycles. The van der Waals surface area contributed by atoms with Crippen LogP contribution in [0.3, 0.4) is 0 Å². The van der Waals surface area contributed by atoms with Crippen LogP contribution in [0, 0.1) is 6.92 Å². The van der Waals surface area contributed by atoms with Gasteiger partial charge < -0.3 is 9.84 Å². The van der Waals surface area contributed by atoms with Crippen molar-refractivity contribution in [3.8, 4) is 5.75 Å². The number of carboxylic acids is 1. The molecule has 0 radical (unpaired) electrons. The molecule has 4 heteroatoms. The van der Waals surface area contributed by atoms with Gasteiger partial charge in [0.1, 0.15) is 11.0 Å². The van der Waals surface area contributed by atoms with Crippen LogP contribution in [-0.2, 0) is 10.5 Å². The van der Waals surface area contributed by atoms with Crippen LogP contribution in [0.1, 0.15) is 24.5 Å². The third kappa shape index (κ3) is 3.97. The van der Waals surface area contributed by atoms with E-state index >= 15 is 0 Å². The van der Waals surface area contributed by atoms with Crippen molar-refractivity contribution in [2.24, 2.45) is 0 Å². The molecule has 0 aliphatic carbocycles. The van der Waals surface area contributed by atoms with Crippen LogP contribution in [0.5, 0.6) is 5.75 Å². The number of carboxylic acid groups (broad SMARTS) is 1. The Bertz CT molecular complexity index is 390. The van der Waals surface area contributed by atoms with Crippen molar-refractivity contribution < 1.29 is 14.6 Å². The Hall–Kier alpha value is -1.16. The van der Waals surface area contributed by atoms with Gasteiger partial charge in [-0.3, -0.25) is 4.79 Å². The molecular weight excluding hydrogens is 236 g/mol. The van der Waals surface area contributed by atoms with E-state index in [1.165, 1.54) is 11.8 Å². The second-order valence-corrected chi connectivity index (χ2v) is 5.05. The summed E-state index contributed by atoms with van der Waals surface area (Å²) in [5, 5.41) is 8.63. The molecule has 0 spiro atoms. The summed E-state index contributed by atoms with van der Waals surface area (Å²) < 4.78 is 5.27. The standard InChI is InChI=1S/C13H18O3S/c1-4-12(13(14)15)17-8-10-7-9(2)5-6-11(10)16-3/h5-7,12H,4,8H2,1-3H3,(H,14,15). The molecule has 94 valence electrons. The molecule has 0 fully saturated rings. The van der Waals surface area contributed by atoms with Crippen molar-refractivity contribution in [3.63, 3.8) is 0 Å². The highest BCUT2D eigenvalue weighted by Crippen LogP contribution is 2.27. The van der Waals surface area contributed by atoms with Crippen molar-refractivity contribution in [2.75, 3.05) is 7.11 Å².